The SMILES string of the molecule is Cc1nc(-n2cc([C@@H](C)c3ccc(C(F)(F)F)cc3Cl)nn2)cc(=O)[nH]1. The molecule has 1 N–H and O–H groups in total. The molecule has 0 aliphatic heterocycles. The minimum Gasteiger partial charge on any atom is -0.311 e. The third-order valence-corrected chi connectivity index (χ3v) is 4.16. The van der Waals surface area contributed by atoms with Crippen LogP contribution in [-0.4, -0.2) is 25.0 Å². The minimum atomic E-state index is -4.46. The molecule has 26 heavy (non-hydrogen) atoms. The molecule has 0 saturated heterocycles. The molecule has 10 heteroatoms. The first kappa shape index (κ1) is 18.1. The number of aromatic amines is 1. The van der Waals surface area contributed by atoms with Crippen molar-refractivity contribution in [2.75, 3.05) is 0 Å². The Labute approximate surface area is 150 Å². The Morgan fingerprint density at radius 1 is 1.27 bits per heavy atom. The number of halogens is 4. The van der Waals surface area contributed by atoms with E-state index in [1.807, 2.05) is 0 Å². The lowest BCUT2D eigenvalue weighted by molar-refractivity contribution is -0.137. The van der Waals surface area contributed by atoms with Gasteiger partial charge in [-0.25, -0.2) is 9.67 Å². The maximum Gasteiger partial charge on any atom is 0.416 e. The molecule has 0 radical (unpaired) electrons. The molecule has 0 saturated carbocycles. The number of H-pyrrole nitrogens is 1. The Bertz CT molecular complexity index is 1010. The average molecular weight is 384 g/mol. The predicted molar refractivity (Wildman–Crippen MR) is 88.5 cm³/mol. The normalized spacial score (nSPS) is 13.0. The van der Waals surface area contributed by atoms with E-state index in [1.54, 1.807) is 20.0 Å². The number of alkyl halides is 3. The van der Waals surface area contributed by atoms with E-state index in [-0.39, 0.29) is 16.4 Å². The Hall–Kier alpha value is -2.68. The van der Waals surface area contributed by atoms with Crippen molar-refractivity contribution in [1.29, 1.82) is 0 Å². The summed E-state index contributed by atoms with van der Waals surface area (Å²) in [6, 6.07) is 4.45. The summed E-state index contributed by atoms with van der Waals surface area (Å²) in [5.41, 5.74) is -0.179. The van der Waals surface area contributed by atoms with Crippen LogP contribution in [-0.2, 0) is 6.18 Å². The van der Waals surface area contributed by atoms with Crippen LogP contribution in [0.1, 0.15) is 35.5 Å². The molecule has 2 aromatic heterocycles. The van der Waals surface area contributed by atoms with Gasteiger partial charge in [0.25, 0.3) is 5.56 Å². The lowest BCUT2D eigenvalue weighted by Gasteiger charge is -2.13. The van der Waals surface area contributed by atoms with Gasteiger partial charge in [0.05, 0.1) is 17.5 Å². The van der Waals surface area contributed by atoms with E-state index in [2.05, 4.69) is 20.3 Å². The highest BCUT2D eigenvalue weighted by molar-refractivity contribution is 6.31. The average Bonchev–Trinajstić information content (AvgIpc) is 3.02. The van der Waals surface area contributed by atoms with Crippen LogP contribution in [0.2, 0.25) is 5.02 Å². The minimum absolute atomic E-state index is 0.00741. The van der Waals surface area contributed by atoms with E-state index in [0.717, 1.165) is 12.1 Å². The molecule has 0 bridgehead atoms. The molecule has 3 aromatic rings. The second kappa shape index (κ2) is 6.56. The number of aryl methyl sites for hydroxylation is 1. The summed E-state index contributed by atoms with van der Waals surface area (Å²) in [6.07, 6.45) is -2.90. The number of aromatic nitrogens is 5. The van der Waals surface area contributed by atoms with Gasteiger partial charge in [-0.05, 0) is 24.6 Å². The lowest BCUT2D eigenvalue weighted by atomic mass is 9.97. The maximum atomic E-state index is 12.8. The van der Waals surface area contributed by atoms with Gasteiger partial charge in [-0.15, -0.1) is 5.10 Å². The molecule has 1 atom stereocenters. The van der Waals surface area contributed by atoms with Gasteiger partial charge >= 0.3 is 6.18 Å². The van der Waals surface area contributed by atoms with Crippen LogP contribution in [0.4, 0.5) is 13.2 Å². The van der Waals surface area contributed by atoms with Gasteiger partial charge in [-0.2, -0.15) is 13.2 Å². The Morgan fingerprint density at radius 3 is 2.62 bits per heavy atom. The number of hydrogen-bond donors (Lipinski definition) is 1. The van der Waals surface area contributed by atoms with Crippen LogP contribution >= 0.6 is 11.6 Å². The first-order valence-corrected chi connectivity index (χ1v) is 7.90. The van der Waals surface area contributed by atoms with E-state index in [9.17, 15) is 18.0 Å². The fraction of sp³-hybridized carbons (Fsp3) is 0.250. The van der Waals surface area contributed by atoms with Crippen LogP contribution < -0.4 is 5.56 Å². The topological polar surface area (TPSA) is 76.5 Å². The molecule has 1 aromatic carbocycles. The van der Waals surface area contributed by atoms with Gasteiger partial charge in [0.15, 0.2) is 5.82 Å². The number of benzene rings is 1. The summed E-state index contributed by atoms with van der Waals surface area (Å²) in [5.74, 6) is 0.306. The molecule has 0 fully saturated rings. The van der Waals surface area contributed by atoms with Crippen LogP contribution in [0.3, 0.4) is 0 Å². The van der Waals surface area contributed by atoms with Crippen LogP contribution in [0.25, 0.3) is 5.82 Å². The highest BCUT2D eigenvalue weighted by atomic mass is 35.5. The number of hydrogen-bond acceptors (Lipinski definition) is 4. The molecule has 6 nitrogen and oxygen atoms in total. The summed E-state index contributed by atoms with van der Waals surface area (Å²) in [4.78, 5) is 18.2. The number of rotatable bonds is 3. The van der Waals surface area contributed by atoms with E-state index >= 15 is 0 Å². The van der Waals surface area contributed by atoms with Gasteiger partial charge in [0.1, 0.15) is 5.82 Å². The first-order valence-electron chi connectivity index (χ1n) is 7.52. The van der Waals surface area contributed by atoms with Crippen LogP contribution in [0.15, 0.2) is 35.3 Å². The maximum absolute atomic E-state index is 12.8. The van der Waals surface area contributed by atoms with Crippen molar-refractivity contribution >= 4 is 11.6 Å². The Balaban J connectivity index is 1.93. The van der Waals surface area contributed by atoms with Gasteiger partial charge in [0.2, 0.25) is 0 Å². The molecular weight excluding hydrogens is 371 g/mol. The molecular formula is C16H13ClF3N5O. The zero-order chi connectivity index (χ0) is 19.1. The molecule has 0 amide bonds. The highest BCUT2D eigenvalue weighted by Gasteiger charge is 2.31. The monoisotopic (exact) mass is 383 g/mol. The zero-order valence-corrected chi connectivity index (χ0v) is 14.4. The molecule has 0 aliphatic carbocycles. The fourth-order valence-corrected chi connectivity index (χ4v) is 2.83. The first-order chi connectivity index (χ1) is 12.1. The Morgan fingerprint density at radius 2 is 2.00 bits per heavy atom. The molecule has 0 aliphatic rings. The van der Waals surface area contributed by atoms with Crippen LogP contribution in [0.5, 0.6) is 0 Å². The van der Waals surface area contributed by atoms with Crippen LogP contribution in [0, 0.1) is 6.92 Å². The highest BCUT2D eigenvalue weighted by Crippen LogP contribution is 2.35. The largest absolute Gasteiger partial charge is 0.416 e. The second-order valence-electron chi connectivity index (χ2n) is 5.73. The van der Waals surface area contributed by atoms with Crippen molar-refractivity contribution in [3.8, 4) is 5.82 Å². The van der Waals surface area contributed by atoms with Crippen molar-refractivity contribution in [3.05, 3.63) is 68.5 Å². The molecule has 0 spiro atoms. The van der Waals surface area contributed by atoms with Gasteiger partial charge < -0.3 is 4.98 Å². The fourth-order valence-electron chi connectivity index (χ4n) is 2.48. The molecule has 2 heterocycles. The zero-order valence-electron chi connectivity index (χ0n) is 13.7. The molecule has 136 valence electrons. The summed E-state index contributed by atoms with van der Waals surface area (Å²) < 4.78 is 39.6. The van der Waals surface area contributed by atoms with Crippen molar-refractivity contribution in [2.45, 2.75) is 25.9 Å². The second-order valence-corrected chi connectivity index (χ2v) is 6.14. The number of nitrogens with zero attached hydrogens (tertiary/aromatic N) is 4. The third-order valence-electron chi connectivity index (χ3n) is 3.83. The quantitative estimate of drug-likeness (QED) is 0.751. The van der Waals surface area contributed by atoms with Crippen molar-refractivity contribution in [3.63, 3.8) is 0 Å². The van der Waals surface area contributed by atoms with Gasteiger partial charge in [0, 0.05) is 17.0 Å². The van der Waals surface area contributed by atoms with Gasteiger partial charge in [-0.1, -0.05) is 29.8 Å². The van der Waals surface area contributed by atoms with Crippen molar-refractivity contribution in [1.82, 2.24) is 25.0 Å². The summed E-state index contributed by atoms with van der Waals surface area (Å²) in [5, 5.41) is 7.94. The van der Waals surface area contributed by atoms with E-state index < -0.39 is 17.7 Å². The van der Waals surface area contributed by atoms with Gasteiger partial charge in [-0.3, -0.25) is 4.79 Å². The Kier molecular flexibility index (Phi) is 4.57. The van der Waals surface area contributed by atoms with E-state index in [1.165, 1.54) is 16.8 Å². The molecule has 3 rings (SSSR count). The van der Waals surface area contributed by atoms with E-state index in [4.69, 9.17) is 11.6 Å². The molecule has 0 unspecified atom stereocenters. The predicted octanol–water partition coefficient (Wildman–Crippen LogP) is 3.48. The van der Waals surface area contributed by atoms with E-state index in [0.29, 0.717) is 17.1 Å². The summed E-state index contributed by atoms with van der Waals surface area (Å²) in [7, 11) is 0. The number of nitrogens with one attached hydrogen (secondary N) is 1. The summed E-state index contributed by atoms with van der Waals surface area (Å²) >= 11 is 6.03. The van der Waals surface area contributed by atoms with Crippen molar-refractivity contribution < 1.29 is 13.2 Å². The third kappa shape index (κ3) is 3.62. The van der Waals surface area contributed by atoms with Crippen molar-refractivity contribution in [2.24, 2.45) is 0 Å². The smallest absolute Gasteiger partial charge is 0.311 e. The lowest BCUT2D eigenvalue weighted by Crippen LogP contribution is -2.12. The summed E-state index contributed by atoms with van der Waals surface area (Å²) in [6.45, 7) is 3.38. The standard InChI is InChI=1S/C16H13ClF3N5O/c1-8(11-4-3-10(5-12(11)17)16(18,19)20)13-7-25(24-23-13)14-6-15(26)22-9(2)21-14/h3-8H,1-2H3,(H,21,22,26)/t8-/m0/s1.